The predicted molar refractivity (Wildman–Crippen MR) is 82.1 cm³/mol. The fourth-order valence-corrected chi connectivity index (χ4v) is 1.93. The molecule has 8 heteroatoms. The number of phenolic OH excluding ortho intramolecular Hbond substituents is 1. The summed E-state index contributed by atoms with van der Waals surface area (Å²) in [5, 5.41) is 24.3. The Balaban J connectivity index is 1.79. The monoisotopic (exact) mass is 297 g/mol. The molecule has 0 amide bonds. The van der Waals surface area contributed by atoms with Gasteiger partial charge in [0.05, 0.1) is 22.2 Å². The molecule has 0 aliphatic rings. The molecule has 0 spiro atoms. The van der Waals surface area contributed by atoms with Gasteiger partial charge in [0.1, 0.15) is 5.75 Å². The number of imidazole rings is 1. The first-order chi connectivity index (χ1) is 10.6. The normalized spacial score (nSPS) is 11.1. The van der Waals surface area contributed by atoms with E-state index in [2.05, 4.69) is 20.5 Å². The molecule has 0 bridgehead atoms. The van der Waals surface area contributed by atoms with E-state index in [9.17, 15) is 15.2 Å². The van der Waals surface area contributed by atoms with Crippen LogP contribution in [0.2, 0.25) is 0 Å². The summed E-state index contributed by atoms with van der Waals surface area (Å²) in [5.74, 6) is 0.336. The topological polar surface area (TPSA) is 116 Å². The first kappa shape index (κ1) is 13.6. The molecule has 0 atom stereocenters. The molecular formula is C14H11N5O3. The van der Waals surface area contributed by atoms with Crippen LogP contribution in [0.4, 0.5) is 11.6 Å². The van der Waals surface area contributed by atoms with Gasteiger partial charge in [-0.3, -0.25) is 10.1 Å². The van der Waals surface area contributed by atoms with Crippen molar-refractivity contribution in [3.05, 3.63) is 58.1 Å². The van der Waals surface area contributed by atoms with Crippen LogP contribution in [0.3, 0.4) is 0 Å². The van der Waals surface area contributed by atoms with Crippen molar-refractivity contribution >= 4 is 28.9 Å². The summed E-state index contributed by atoms with van der Waals surface area (Å²) in [7, 11) is 0. The number of para-hydroxylation sites is 2. The van der Waals surface area contributed by atoms with Crippen LogP contribution in [0.25, 0.3) is 11.0 Å². The number of hydrazone groups is 1. The molecule has 1 heterocycles. The van der Waals surface area contributed by atoms with Gasteiger partial charge >= 0.3 is 0 Å². The summed E-state index contributed by atoms with van der Waals surface area (Å²) >= 11 is 0. The number of nitrogens with one attached hydrogen (secondary N) is 2. The summed E-state index contributed by atoms with van der Waals surface area (Å²) in [5.41, 5.74) is 4.44. The van der Waals surface area contributed by atoms with Gasteiger partial charge in [0, 0.05) is 17.7 Å². The first-order valence-electron chi connectivity index (χ1n) is 6.35. The molecule has 1 aromatic heterocycles. The molecule has 0 aliphatic carbocycles. The molecule has 110 valence electrons. The quantitative estimate of drug-likeness (QED) is 0.389. The number of H-pyrrole nitrogens is 1. The maximum atomic E-state index is 10.7. The van der Waals surface area contributed by atoms with Gasteiger partial charge in [0.15, 0.2) is 0 Å². The van der Waals surface area contributed by atoms with Crippen molar-refractivity contribution in [3.8, 4) is 5.75 Å². The average Bonchev–Trinajstić information content (AvgIpc) is 2.91. The van der Waals surface area contributed by atoms with E-state index in [-0.39, 0.29) is 17.0 Å². The Kier molecular flexibility index (Phi) is 3.40. The van der Waals surface area contributed by atoms with E-state index < -0.39 is 4.92 Å². The highest BCUT2D eigenvalue weighted by molar-refractivity contribution is 5.85. The van der Waals surface area contributed by atoms with E-state index in [0.29, 0.717) is 5.95 Å². The van der Waals surface area contributed by atoms with E-state index >= 15 is 0 Å². The van der Waals surface area contributed by atoms with Gasteiger partial charge in [0.2, 0.25) is 5.95 Å². The number of phenols is 1. The van der Waals surface area contributed by atoms with Gasteiger partial charge in [0.25, 0.3) is 5.69 Å². The Hall–Kier alpha value is -3.42. The molecule has 8 nitrogen and oxygen atoms in total. The Morgan fingerprint density at radius 1 is 1.32 bits per heavy atom. The molecule has 3 N–H and O–H groups in total. The minimum absolute atomic E-state index is 0.0965. The SMILES string of the molecule is O=[N+]([O-])c1ccc(O)c(C=NNc2nc3ccccc3[nH]2)c1. The van der Waals surface area contributed by atoms with E-state index in [4.69, 9.17) is 0 Å². The lowest BCUT2D eigenvalue weighted by atomic mass is 10.2. The molecule has 2 aromatic carbocycles. The number of benzene rings is 2. The fourth-order valence-electron chi connectivity index (χ4n) is 1.93. The molecule has 3 rings (SSSR count). The van der Waals surface area contributed by atoms with Gasteiger partial charge in [-0.2, -0.15) is 5.10 Å². The van der Waals surface area contributed by atoms with Crippen molar-refractivity contribution in [2.24, 2.45) is 5.10 Å². The van der Waals surface area contributed by atoms with Crippen molar-refractivity contribution in [1.82, 2.24) is 9.97 Å². The Labute approximate surface area is 124 Å². The van der Waals surface area contributed by atoms with Gasteiger partial charge in [-0.15, -0.1) is 0 Å². The van der Waals surface area contributed by atoms with Crippen molar-refractivity contribution in [2.45, 2.75) is 0 Å². The second-order valence-electron chi connectivity index (χ2n) is 4.47. The van der Waals surface area contributed by atoms with E-state index in [0.717, 1.165) is 11.0 Å². The molecule has 0 radical (unpaired) electrons. The maximum Gasteiger partial charge on any atom is 0.270 e. The van der Waals surface area contributed by atoms with Gasteiger partial charge in [-0.05, 0) is 18.2 Å². The number of nitro benzene ring substituents is 1. The number of hydrogen-bond acceptors (Lipinski definition) is 6. The molecular weight excluding hydrogens is 286 g/mol. The Bertz CT molecular complexity index is 839. The number of aromatic nitrogens is 2. The Morgan fingerprint density at radius 3 is 2.91 bits per heavy atom. The van der Waals surface area contributed by atoms with Crippen molar-refractivity contribution in [3.63, 3.8) is 0 Å². The zero-order valence-electron chi connectivity index (χ0n) is 11.2. The van der Waals surface area contributed by atoms with E-state index in [1.807, 2.05) is 24.3 Å². The third-order valence-corrected chi connectivity index (χ3v) is 2.99. The molecule has 0 fully saturated rings. The number of hydrogen-bond donors (Lipinski definition) is 3. The van der Waals surface area contributed by atoms with Crippen LogP contribution in [-0.4, -0.2) is 26.2 Å². The van der Waals surface area contributed by atoms with Crippen LogP contribution in [0, 0.1) is 10.1 Å². The van der Waals surface area contributed by atoms with Crippen LogP contribution in [0.1, 0.15) is 5.56 Å². The van der Waals surface area contributed by atoms with Crippen LogP contribution in [-0.2, 0) is 0 Å². The van der Waals surface area contributed by atoms with Gasteiger partial charge in [-0.1, -0.05) is 12.1 Å². The molecule has 0 aliphatic heterocycles. The van der Waals surface area contributed by atoms with Crippen LogP contribution < -0.4 is 5.43 Å². The van der Waals surface area contributed by atoms with Gasteiger partial charge in [-0.25, -0.2) is 10.4 Å². The third kappa shape index (κ3) is 2.70. The number of nitrogens with zero attached hydrogens (tertiary/aromatic N) is 3. The summed E-state index contributed by atoms with van der Waals surface area (Å²) in [6.07, 6.45) is 1.29. The molecule has 0 unspecified atom stereocenters. The van der Waals surface area contributed by atoms with E-state index in [1.54, 1.807) is 0 Å². The molecule has 0 saturated heterocycles. The van der Waals surface area contributed by atoms with E-state index in [1.165, 1.54) is 24.4 Å². The maximum absolute atomic E-state index is 10.7. The summed E-state index contributed by atoms with van der Waals surface area (Å²) in [6, 6.07) is 11.2. The second kappa shape index (κ2) is 5.52. The highest BCUT2D eigenvalue weighted by Crippen LogP contribution is 2.21. The fraction of sp³-hybridized carbons (Fsp3) is 0. The van der Waals surface area contributed by atoms with Crippen LogP contribution in [0.15, 0.2) is 47.6 Å². The smallest absolute Gasteiger partial charge is 0.270 e. The Morgan fingerprint density at radius 2 is 2.14 bits per heavy atom. The van der Waals surface area contributed by atoms with Crippen molar-refractivity contribution < 1.29 is 10.0 Å². The summed E-state index contributed by atoms with van der Waals surface area (Å²) < 4.78 is 0. The number of rotatable bonds is 4. The zero-order chi connectivity index (χ0) is 15.5. The lowest BCUT2D eigenvalue weighted by molar-refractivity contribution is -0.384. The van der Waals surface area contributed by atoms with Crippen LogP contribution in [0.5, 0.6) is 5.75 Å². The number of nitro groups is 1. The minimum Gasteiger partial charge on any atom is -0.507 e. The number of anilines is 1. The second-order valence-corrected chi connectivity index (χ2v) is 4.47. The van der Waals surface area contributed by atoms with Crippen molar-refractivity contribution in [1.29, 1.82) is 0 Å². The number of aromatic hydroxyl groups is 1. The largest absolute Gasteiger partial charge is 0.507 e. The predicted octanol–water partition coefficient (Wildman–Crippen LogP) is 2.62. The molecule has 3 aromatic rings. The minimum atomic E-state index is -0.538. The lowest BCUT2D eigenvalue weighted by Crippen LogP contribution is -1.94. The highest BCUT2D eigenvalue weighted by Gasteiger charge is 2.08. The number of non-ortho nitro benzene ring substituents is 1. The zero-order valence-corrected chi connectivity index (χ0v) is 11.2. The molecule has 22 heavy (non-hydrogen) atoms. The first-order valence-corrected chi connectivity index (χ1v) is 6.35. The number of aromatic amines is 1. The van der Waals surface area contributed by atoms with Gasteiger partial charge < -0.3 is 10.1 Å². The standard InChI is InChI=1S/C14H11N5O3/c20-13-6-5-10(19(21)22)7-9(13)8-15-18-14-16-11-3-1-2-4-12(11)17-14/h1-8,20H,(H2,16,17,18). The average molecular weight is 297 g/mol. The lowest BCUT2D eigenvalue weighted by Gasteiger charge is -1.98. The third-order valence-electron chi connectivity index (χ3n) is 2.99. The molecule has 0 saturated carbocycles. The van der Waals surface area contributed by atoms with Crippen molar-refractivity contribution in [2.75, 3.05) is 5.43 Å². The summed E-state index contributed by atoms with van der Waals surface area (Å²) in [6.45, 7) is 0. The summed E-state index contributed by atoms with van der Waals surface area (Å²) in [4.78, 5) is 17.5. The number of fused-ring (bicyclic) bond motifs is 1. The van der Waals surface area contributed by atoms with Crippen LogP contribution >= 0.6 is 0 Å². The highest BCUT2D eigenvalue weighted by atomic mass is 16.6.